The van der Waals surface area contributed by atoms with Crippen molar-refractivity contribution in [2.75, 3.05) is 30.3 Å². The highest BCUT2D eigenvalue weighted by Crippen LogP contribution is 2.28. The quantitative estimate of drug-likeness (QED) is 0.582. The van der Waals surface area contributed by atoms with Crippen molar-refractivity contribution < 1.29 is 26.7 Å². The summed E-state index contributed by atoms with van der Waals surface area (Å²) in [7, 11) is -3.71. The first kappa shape index (κ1) is 23.6. The number of ether oxygens (including phenoxy) is 1. The van der Waals surface area contributed by atoms with Crippen LogP contribution in [-0.2, 0) is 10.0 Å². The molecule has 10 heteroatoms. The van der Waals surface area contributed by atoms with Crippen LogP contribution >= 0.6 is 0 Å². The van der Waals surface area contributed by atoms with Gasteiger partial charge in [-0.05, 0) is 49.4 Å². The number of sulfonamides is 1. The maximum Gasteiger partial charge on any atom is 0.387 e. The SMILES string of the molecule is CCNc1ccc(S(=O)(=O)N(CC)CC)cc1NC(=O)c1ccc(OC(F)F)cc1. The Bertz CT molecular complexity index is 963. The van der Waals surface area contributed by atoms with Crippen molar-refractivity contribution in [1.29, 1.82) is 0 Å². The van der Waals surface area contributed by atoms with E-state index in [9.17, 15) is 22.0 Å². The summed E-state index contributed by atoms with van der Waals surface area (Å²) in [5.41, 5.74) is 1.06. The van der Waals surface area contributed by atoms with E-state index in [0.717, 1.165) is 0 Å². The lowest BCUT2D eigenvalue weighted by Crippen LogP contribution is -2.30. The first-order valence-corrected chi connectivity index (χ1v) is 10.9. The second kappa shape index (κ2) is 10.4. The summed E-state index contributed by atoms with van der Waals surface area (Å²) < 4.78 is 55.8. The molecule has 0 aliphatic carbocycles. The number of halogens is 2. The topological polar surface area (TPSA) is 87.7 Å². The summed E-state index contributed by atoms with van der Waals surface area (Å²) in [4.78, 5) is 12.7. The number of alkyl halides is 2. The van der Waals surface area contributed by atoms with Crippen LogP contribution in [-0.4, -0.2) is 44.9 Å². The molecule has 0 spiro atoms. The van der Waals surface area contributed by atoms with E-state index >= 15 is 0 Å². The van der Waals surface area contributed by atoms with Gasteiger partial charge in [0.1, 0.15) is 5.75 Å². The van der Waals surface area contributed by atoms with Crippen molar-refractivity contribution >= 4 is 27.3 Å². The normalized spacial score (nSPS) is 11.6. The third-order valence-corrected chi connectivity index (χ3v) is 6.34. The lowest BCUT2D eigenvalue weighted by molar-refractivity contribution is -0.0498. The molecule has 0 radical (unpaired) electrons. The minimum absolute atomic E-state index is 0.0591. The monoisotopic (exact) mass is 441 g/mol. The van der Waals surface area contributed by atoms with Gasteiger partial charge in [-0.2, -0.15) is 13.1 Å². The summed E-state index contributed by atoms with van der Waals surface area (Å²) in [6.45, 7) is 3.61. The number of rotatable bonds is 10. The molecule has 0 heterocycles. The van der Waals surface area contributed by atoms with Crippen molar-refractivity contribution in [2.45, 2.75) is 32.3 Å². The zero-order valence-corrected chi connectivity index (χ0v) is 17.8. The summed E-state index contributed by atoms with van der Waals surface area (Å²) in [5.74, 6) is -0.586. The number of hydrogen-bond donors (Lipinski definition) is 2. The number of anilines is 2. The Morgan fingerprint density at radius 3 is 2.20 bits per heavy atom. The molecule has 0 atom stereocenters. The minimum Gasteiger partial charge on any atom is -0.435 e. The fourth-order valence-electron chi connectivity index (χ4n) is 2.83. The van der Waals surface area contributed by atoms with Crippen LogP contribution in [0, 0.1) is 0 Å². The smallest absolute Gasteiger partial charge is 0.387 e. The number of nitrogens with zero attached hydrogens (tertiary/aromatic N) is 1. The van der Waals surface area contributed by atoms with Gasteiger partial charge in [-0.1, -0.05) is 13.8 Å². The van der Waals surface area contributed by atoms with Crippen LogP contribution in [0.2, 0.25) is 0 Å². The number of amides is 1. The Morgan fingerprint density at radius 2 is 1.67 bits per heavy atom. The molecule has 2 rings (SSSR count). The average molecular weight is 442 g/mol. The van der Waals surface area contributed by atoms with Crippen LogP contribution in [0.5, 0.6) is 5.75 Å². The first-order valence-electron chi connectivity index (χ1n) is 9.47. The average Bonchev–Trinajstić information content (AvgIpc) is 2.70. The molecule has 2 aromatic rings. The highest BCUT2D eigenvalue weighted by Gasteiger charge is 2.23. The molecule has 0 unspecified atom stereocenters. The fraction of sp³-hybridized carbons (Fsp3) is 0.350. The van der Waals surface area contributed by atoms with Crippen molar-refractivity contribution in [3.63, 3.8) is 0 Å². The zero-order valence-electron chi connectivity index (χ0n) is 17.0. The standard InChI is InChI=1S/C20H25F2N3O4S/c1-4-23-17-12-11-16(30(27,28)25(5-2)6-3)13-18(17)24-19(26)14-7-9-15(10-8-14)29-20(21)22/h7-13,20,23H,4-6H2,1-3H3,(H,24,26). The lowest BCUT2D eigenvalue weighted by Gasteiger charge is -2.20. The second-order valence-electron chi connectivity index (χ2n) is 6.18. The lowest BCUT2D eigenvalue weighted by atomic mass is 10.2. The highest BCUT2D eigenvalue weighted by molar-refractivity contribution is 7.89. The molecule has 30 heavy (non-hydrogen) atoms. The van der Waals surface area contributed by atoms with Gasteiger partial charge in [-0.15, -0.1) is 0 Å². The third-order valence-electron chi connectivity index (χ3n) is 4.29. The van der Waals surface area contributed by atoms with Gasteiger partial charge in [0, 0.05) is 25.2 Å². The number of hydrogen-bond acceptors (Lipinski definition) is 5. The van der Waals surface area contributed by atoms with Crippen LogP contribution in [0.15, 0.2) is 47.4 Å². The maximum absolute atomic E-state index is 12.8. The summed E-state index contributed by atoms with van der Waals surface area (Å²) in [6.07, 6.45) is 0. The Hall–Kier alpha value is -2.72. The van der Waals surface area contributed by atoms with E-state index in [1.165, 1.54) is 40.7 Å². The predicted octanol–water partition coefficient (Wildman–Crippen LogP) is 4.00. The van der Waals surface area contributed by atoms with E-state index in [1.807, 2.05) is 6.92 Å². The van der Waals surface area contributed by atoms with Gasteiger partial charge in [0.2, 0.25) is 10.0 Å². The van der Waals surface area contributed by atoms with E-state index < -0.39 is 22.5 Å². The summed E-state index contributed by atoms with van der Waals surface area (Å²) >= 11 is 0. The van der Waals surface area contributed by atoms with Crippen LogP contribution in [0.3, 0.4) is 0 Å². The van der Waals surface area contributed by atoms with Gasteiger partial charge >= 0.3 is 6.61 Å². The number of carbonyl (C=O) groups excluding carboxylic acids is 1. The molecule has 164 valence electrons. The molecule has 0 aliphatic heterocycles. The van der Waals surface area contributed by atoms with E-state index in [1.54, 1.807) is 19.9 Å². The molecular weight excluding hydrogens is 416 g/mol. The van der Waals surface area contributed by atoms with Crippen molar-refractivity contribution in [2.24, 2.45) is 0 Å². The Labute approximate surface area is 175 Å². The van der Waals surface area contributed by atoms with Crippen LogP contribution < -0.4 is 15.4 Å². The second-order valence-corrected chi connectivity index (χ2v) is 8.12. The van der Waals surface area contributed by atoms with Crippen molar-refractivity contribution in [3.05, 3.63) is 48.0 Å². The van der Waals surface area contributed by atoms with Gasteiger partial charge < -0.3 is 15.4 Å². The fourth-order valence-corrected chi connectivity index (χ4v) is 4.31. The molecule has 0 saturated heterocycles. The van der Waals surface area contributed by atoms with Gasteiger partial charge in [0.15, 0.2) is 0 Å². The van der Waals surface area contributed by atoms with Gasteiger partial charge in [0.05, 0.1) is 16.3 Å². The first-order chi connectivity index (χ1) is 14.2. The zero-order chi connectivity index (χ0) is 22.3. The Kier molecular flexibility index (Phi) is 8.13. The third kappa shape index (κ3) is 5.67. The number of nitrogens with one attached hydrogen (secondary N) is 2. The van der Waals surface area contributed by atoms with Crippen LogP contribution in [0.25, 0.3) is 0 Å². The molecule has 2 N–H and O–H groups in total. The molecule has 0 saturated carbocycles. The minimum atomic E-state index is -3.71. The molecule has 0 fully saturated rings. The van der Waals surface area contributed by atoms with E-state index in [-0.39, 0.29) is 16.2 Å². The van der Waals surface area contributed by atoms with Crippen LogP contribution in [0.1, 0.15) is 31.1 Å². The van der Waals surface area contributed by atoms with Gasteiger partial charge in [-0.3, -0.25) is 4.79 Å². The molecule has 0 bridgehead atoms. The van der Waals surface area contributed by atoms with Gasteiger partial charge in [0.25, 0.3) is 5.91 Å². The van der Waals surface area contributed by atoms with E-state index in [2.05, 4.69) is 15.4 Å². The highest BCUT2D eigenvalue weighted by atomic mass is 32.2. The molecule has 7 nitrogen and oxygen atoms in total. The number of carbonyl (C=O) groups is 1. The molecule has 2 aromatic carbocycles. The van der Waals surface area contributed by atoms with E-state index in [4.69, 9.17) is 0 Å². The Balaban J connectivity index is 2.33. The molecule has 0 aromatic heterocycles. The van der Waals surface area contributed by atoms with Gasteiger partial charge in [-0.25, -0.2) is 8.42 Å². The maximum atomic E-state index is 12.8. The molecule has 0 aliphatic rings. The molecular formula is C20H25F2N3O4S. The van der Waals surface area contributed by atoms with E-state index in [0.29, 0.717) is 31.0 Å². The van der Waals surface area contributed by atoms with Crippen LogP contribution in [0.4, 0.5) is 20.2 Å². The Morgan fingerprint density at radius 1 is 1.03 bits per heavy atom. The largest absolute Gasteiger partial charge is 0.435 e. The summed E-state index contributed by atoms with van der Waals surface area (Å²) in [6, 6.07) is 9.68. The predicted molar refractivity (Wildman–Crippen MR) is 112 cm³/mol. The number of benzene rings is 2. The van der Waals surface area contributed by atoms with Crippen molar-refractivity contribution in [3.8, 4) is 5.75 Å². The summed E-state index contributed by atoms with van der Waals surface area (Å²) in [5, 5.41) is 5.76. The molecule has 1 amide bonds. The van der Waals surface area contributed by atoms with Crippen molar-refractivity contribution in [1.82, 2.24) is 4.31 Å².